The van der Waals surface area contributed by atoms with E-state index in [1.807, 2.05) is 32.3 Å². The molecule has 0 aliphatic rings. The zero-order valence-electron chi connectivity index (χ0n) is 12.3. The monoisotopic (exact) mass is 289 g/mol. The third kappa shape index (κ3) is 3.25. The van der Waals surface area contributed by atoms with Crippen molar-refractivity contribution in [3.63, 3.8) is 0 Å². The molecule has 0 fully saturated rings. The van der Waals surface area contributed by atoms with E-state index in [2.05, 4.69) is 15.6 Å². The summed E-state index contributed by atoms with van der Waals surface area (Å²) < 4.78 is 7.04. The summed E-state index contributed by atoms with van der Waals surface area (Å²) in [5, 5.41) is 19.3. The molecule has 0 aliphatic heterocycles. The van der Waals surface area contributed by atoms with Crippen LogP contribution < -0.4 is 15.8 Å². The normalized spacial score (nSPS) is 11.5. The van der Waals surface area contributed by atoms with Gasteiger partial charge in [0.15, 0.2) is 5.84 Å². The predicted molar refractivity (Wildman–Crippen MR) is 80.8 cm³/mol. The molecule has 112 valence electrons. The summed E-state index contributed by atoms with van der Waals surface area (Å²) in [6, 6.07) is 5.52. The quantitative estimate of drug-likeness (QED) is 0.335. The maximum atomic E-state index is 8.75. The maximum absolute atomic E-state index is 8.75. The number of oxime groups is 1. The number of amidine groups is 1. The largest absolute Gasteiger partial charge is 0.496 e. The molecule has 21 heavy (non-hydrogen) atoms. The number of nitrogens with two attached hydrogens (primary N) is 1. The Hall–Kier alpha value is -2.70. The maximum Gasteiger partial charge on any atom is 0.173 e. The SMILES string of the molecule is COc1cc(CNc2cn(C)nc2C)ccc1/C(N)=N/O. The fourth-order valence-corrected chi connectivity index (χ4v) is 2.08. The summed E-state index contributed by atoms with van der Waals surface area (Å²) in [5.74, 6) is 0.585. The van der Waals surface area contributed by atoms with E-state index < -0.39 is 0 Å². The molecule has 1 aromatic heterocycles. The molecule has 7 heteroatoms. The van der Waals surface area contributed by atoms with Gasteiger partial charge in [-0.3, -0.25) is 4.68 Å². The second-order valence-corrected chi connectivity index (χ2v) is 4.68. The van der Waals surface area contributed by atoms with Crippen molar-refractivity contribution in [1.82, 2.24) is 9.78 Å². The first-order chi connectivity index (χ1) is 10.0. The molecule has 0 saturated heterocycles. The lowest BCUT2D eigenvalue weighted by Gasteiger charge is -2.10. The van der Waals surface area contributed by atoms with Crippen LogP contribution in [0.15, 0.2) is 29.6 Å². The molecule has 0 amide bonds. The van der Waals surface area contributed by atoms with Crippen molar-refractivity contribution < 1.29 is 9.94 Å². The summed E-state index contributed by atoms with van der Waals surface area (Å²) in [4.78, 5) is 0. The highest BCUT2D eigenvalue weighted by Gasteiger charge is 2.09. The standard InChI is InChI=1S/C14H19N5O2/c1-9-12(8-19(2)17-9)16-7-10-4-5-11(14(15)18-20)13(6-10)21-3/h4-6,8,16,20H,7H2,1-3H3,(H2,15,18). The number of hydrogen-bond acceptors (Lipinski definition) is 5. The van der Waals surface area contributed by atoms with E-state index in [4.69, 9.17) is 15.7 Å². The molecular weight excluding hydrogens is 270 g/mol. The van der Waals surface area contributed by atoms with Gasteiger partial charge < -0.3 is 21.0 Å². The Morgan fingerprint density at radius 3 is 2.86 bits per heavy atom. The van der Waals surface area contributed by atoms with Gasteiger partial charge in [-0.05, 0) is 24.6 Å². The van der Waals surface area contributed by atoms with E-state index in [1.165, 1.54) is 0 Å². The van der Waals surface area contributed by atoms with Crippen molar-refractivity contribution in [2.45, 2.75) is 13.5 Å². The van der Waals surface area contributed by atoms with Crippen LogP contribution in [0.25, 0.3) is 0 Å². The number of nitrogens with zero attached hydrogens (tertiary/aromatic N) is 3. The van der Waals surface area contributed by atoms with Gasteiger partial charge in [0, 0.05) is 19.8 Å². The number of aromatic nitrogens is 2. The van der Waals surface area contributed by atoms with Crippen molar-refractivity contribution in [2.24, 2.45) is 17.9 Å². The van der Waals surface area contributed by atoms with E-state index in [9.17, 15) is 0 Å². The smallest absolute Gasteiger partial charge is 0.173 e. The van der Waals surface area contributed by atoms with Crippen molar-refractivity contribution >= 4 is 11.5 Å². The Bertz CT molecular complexity index is 663. The lowest BCUT2D eigenvalue weighted by atomic mass is 10.1. The first-order valence-corrected chi connectivity index (χ1v) is 6.44. The van der Waals surface area contributed by atoms with Crippen LogP contribution >= 0.6 is 0 Å². The number of rotatable bonds is 5. The van der Waals surface area contributed by atoms with E-state index in [1.54, 1.807) is 17.9 Å². The lowest BCUT2D eigenvalue weighted by Crippen LogP contribution is -2.14. The minimum Gasteiger partial charge on any atom is -0.496 e. The van der Waals surface area contributed by atoms with Gasteiger partial charge in [-0.2, -0.15) is 5.10 Å². The molecule has 0 unspecified atom stereocenters. The van der Waals surface area contributed by atoms with E-state index >= 15 is 0 Å². The fourth-order valence-electron chi connectivity index (χ4n) is 2.08. The van der Waals surface area contributed by atoms with Crippen molar-refractivity contribution in [3.8, 4) is 5.75 Å². The molecular formula is C14H19N5O2. The highest BCUT2D eigenvalue weighted by atomic mass is 16.5. The molecule has 0 atom stereocenters. The Morgan fingerprint density at radius 1 is 1.52 bits per heavy atom. The third-order valence-electron chi connectivity index (χ3n) is 3.15. The van der Waals surface area contributed by atoms with Gasteiger partial charge in [0.25, 0.3) is 0 Å². The minimum atomic E-state index is 0.0227. The van der Waals surface area contributed by atoms with Crippen LogP contribution in [0.4, 0.5) is 5.69 Å². The Morgan fingerprint density at radius 2 is 2.29 bits per heavy atom. The van der Waals surface area contributed by atoms with Crippen LogP contribution in [0.3, 0.4) is 0 Å². The average molecular weight is 289 g/mol. The summed E-state index contributed by atoms with van der Waals surface area (Å²) in [7, 11) is 3.43. The predicted octanol–water partition coefficient (Wildman–Crippen LogP) is 1.44. The van der Waals surface area contributed by atoms with Crippen LogP contribution in [0.5, 0.6) is 5.75 Å². The summed E-state index contributed by atoms with van der Waals surface area (Å²) >= 11 is 0. The molecule has 0 saturated carbocycles. The number of hydrogen-bond donors (Lipinski definition) is 3. The van der Waals surface area contributed by atoms with Crippen LogP contribution in [0.2, 0.25) is 0 Å². The molecule has 0 aliphatic carbocycles. The van der Waals surface area contributed by atoms with Gasteiger partial charge in [0.1, 0.15) is 5.75 Å². The molecule has 0 bridgehead atoms. The Balaban J connectivity index is 2.16. The summed E-state index contributed by atoms with van der Waals surface area (Å²) in [6.07, 6.45) is 1.93. The molecule has 2 rings (SSSR count). The van der Waals surface area contributed by atoms with E-state index in [0.29, 0.717) is 17.9 Å². The lowest BCUT2D eigenvalue weighted by molar-refractivity contribution is 0.318. The Labute approximate surface area is 123 Å². The van der Waals surface area contributed by atoms with Gasteiger partial charge in [-0.15, -0.1) is 0 Å². The van der Waals surface area contributed by atoms with Crippen LogP contribution in [-0.4, -0.2) is 27.9 Å². The summed E-state index contributed by atoms with van der Waals surface area (Å²) in [5.41, 5.74) is 9.10. The Kier molecular flexibility index (Phi) is 4.32. The molecule has 0 spiro atoms. The third-order valence-corrected chi connectivity index (χ3v) is 3.15. The molecule has 0 radical (unpaired) electrons. The topological polar surface area (TPSA) is 97.7 Å². The first-order valence-electron chi connectivity index (χ1n) is 6.44. The zero-order valence-corrected chi connectivity index (χ0v) is 12.3. The first kappa shape index (κ1) is 14.7. The summed E-state index contributed by atoms with van der Waals surface area (Å²) in [6.45, 7) is 2.57. The van der Waals surface area contributed by atoms with E-state index in [-0.39, 0.29) is 5.84 Å². The number of nitrogens with one attached hydrogen (secondary N) is 1. The number of benzene rings is 1. The molecule has 2 aromatic rings. The number of methoxy groups -OCH3 is 1. The zero-order chi connectivity index (χ0) is 15.4. The van der Waals surface area contributed by atoms with Crippen molar-refractivity contribution in [2.75, 3.05) is 12.4 Å². The van der Waals surface area contributed by atoms with Gasteiger partial charge in [0.05, 0.1) is 24.1 Å². The second-order valence-electron chi connectivity index (χ2n) is 4.68. The van der Waals surface area contributed by atoms with Gasteiger partial charge in [-0.1, -0.05) is 11.2 Å². The second kappa shape index (κ2) is 6.17. The van der Waals surface area contributed by atoms with Gasteiger partial charge in [-0.25, -0.2) is 0 Å². The van der Waals surface area contributed by atoms with Crippen LogP contribution in [0.1, 0.15) is 16.8 Å². The van der Waals surface area contributed by atoms with Gasteiger partial charge >= 0.3 is 0 Å². The van der Waals surface area contributed by atoms with E-state index in [0.717, 1.165) is 16.9 Å². The highest BCUT2D eigenvalue weighted by molar-refractivity contribution is 5.99. The highest BCUT2D eigenvalue weighted by Crippen LogP contribution is 2.21. The average Bonchev–Trinajstić information content (AvgIpc) is 2.81. The molecule has 4 N–H and O–H groups in total. The van der Waals surface area contributed by atoms with Gasteiger partial charge in [0.2, 0.25) is 0 Å². The van der Waals surface area contributed by atoms with Crippen molar-refractivity contribution in [1.29, 1.82) is 0 Å². The molecule has 7 nitrogen and oxygen atoms in total. The van der Waals surface area contributed by atoms with Crippen LogP contribution in [-0.2, 0) is 13.6 Å². The fraction of sp³-hybridized carbons (Fsp3) is 0.286. The minimum absolute atomic E-state index is 0.0227. The van der Waals surface area contributed by atoms with Crippen molar-refractivity contribution in [3.05, 3.63) is 41.2 Å². The molecule has 1 aromatic carbocycles. The number of aryl methyl sites for hydroxylation is 2. The number of anilines is 1. The molecule has 1 heterocycles. The van der Waals surface area contributed by atoms with Crippen LogP contribution in [0, 0.1) is 6.92 Å². The number of ether oxygens (including phenoxy) is 1.